The van der Waals surface area contributed by atoms with Gasteiger partial charge in [0, 0.05) is 29.7 Å². The first-order valence-corrected chi connectivity index (χ1v) is 16.5. The van der Waals surface area contributed by atoms with Crippen molar-refractivity contribution < 1.29 is 36.8 Å². The minimum absolute atomic E-state index is 0.0557. The van der Waals surface area contributed by atoms with Gasteiger partial charge in [-0.25, -0.2) is 0 Å². The first-order valence-electron chi connectivity index (χ1n) is 15.1. The summed E-state index contributed by atoms with van der Waals surface area (Å²) < 4.78 is 46.7. The summed E-state index contributed by atoms with van der Waals surface area (Å²) in [6, 6.07) is 9.71. The molecule has 0 saturated carbocycles. The zero-order valence-electron chi connectivity index (χ0n) is 28.2. The van der Waals surface area contributed by atoms with E-state index in [4.69, 9.17) is 9.47 Å². The summed E-state index contributed by atoms with van der Waals surface area (Å²) >= 11 is 0. The molecule has 0 bridgehead atoms. The van der Waals surface area contributed by atoms with Crippen LogP contribution in [0.5, 0.6) is 0 Å². The van der Waals surface area contributed by atoms with Crippen LogP contribution in [0.25, 0.3) is 10.8 Å². The van der Waals surface area contributed by atoms with E-state index in [0.29, 0.717) is 18.2 Å². The van der Waals surface area contributed by atoms with Crippen molar-refractivity contribution >= 4 is 44.1 Å². The Morgan fingerprint density at radius 3 is 2.02 bits per heavy atom. The fourth-order valence-electron chi connectivity index (χ4n) is 5.21. The molecule has 1 amide bonds. The normalized spacial score (nSPS) is 14.7. The second kappa shape index (κ2) is 13.8. The van der Waals surface area contributed by atoms with Crippen LogP contribution < -0.4 is 5.32 Å². The van der Waals surface area contributed by atoms with Crippen LogP contribution in [0, 0.1) is 16.7 Å². The molecule has 2 unspecified atom stereocenters. The van der Waals surface area contributed by atoms with Gasteiger partial charge in [-0.15, -0.1) is 0 Å². The quantitative estimate of drug-likeness (QED) is 0.167. The summed E-state index contributed by atoms with van der Waals surface area (Å²) in [4.78, 5) is 39.5. The molecular formula is C34H51NO8S. The van der Waals surface area contributed by atoms with Gasteiger partial charge in [0.1, 0.15) is 16.8 Å². The Bertz CT molecular complexity index is 1460. The molecule has 0 radical (unpaired) electrons. The van der Waals surface area contributed by atoms with Crippen LogP contribution >= 0.6 is 0 Å². The standard InChI is InChI=1S/C34H51NO8S/c1-22(43-32(5,6)7)29(37)33(8,9)34(10,11)42-20-14-16-24(30(38)31(2,3)4)21-27(36)35-26-19-18-23-15-12-13-17-25(23)28(26)44(39,40)41/h12-13,15,17-19,22,24H,14,16,20-21H2,1-11H3,(H,35,36)(H,39,40,41). The van der Waals surface area contributed by atoms with E-state index in [1.165, 1.54) is 6.07 Å². The number of ketones is 2. The van der Waals surface area contributed by atoms with Gasteiger partial charge >= 0.3 is 0 Å². The number of hydrogen-bond donors (Lipinski definition) is 2. The number of ether oxygens (including phenoxy) is 2. The minimum atomic E-state index is -4.67. The number of benzene rings is 2. The highest BCUT2D eigenvalue weighted by molar-refractivity contribution is 7.86. The topological polar surface area (TPSA) is 136 Å². The molecule has 0 fully saturated rings. The lowest BCUT2D eigenvalue weighted by Gasteiger charge is -2.42. The molecule has 2 aromatic rings. The van der Waals surface area contributed by atoms with E-state index >= 15 is 0 Å². The third-order valence-electron chi connectivity index (χ3n) is 8.13. The van der Waals surface area contributed by atoms with Gasteiger partial charge in [-0.3, -0.25) is 18.9 Å². The predicted molar refractivity (Wildman–Crippen MR) is 173 cm³/mol. The maximum Gasteiger partial charge on any atom is 0.297 e. The van der Waals surface area contributed by atoms with Crippen molar-refractivity contribution in [3.05, 3.63) is 36.4 Å². The van der Waals surface area contributed by atoms with Crippen molar-refractivity contribution in [2.24, 2.45) is 16.7 Å². The lowest BCUT2D eigenvalue weighted by atomic mass is 9.72. The summed E-state index contributed by atoms with van der Waals surface area (Å²) in [6.07, 6.45) is 0.000857. The number of anilines is 1. The number of hydrogen-bond acceptors (Lipinski definition) is 7. The number of amides is 1. The van der Waals surface area contributed by atoms with Crippen LogP contribution in [0.2, 0.25) is 0 Å². The highest BCUT2D eigenvalue weighted by Gasteiger charge is 2.46. The van der Waals surface area contributed by atoms with Crippen molar-refractivity contribution in [2.45, 2.75) is 118 Å². The first-order chi connectivity index (χ1) is 19.9. The van der Waals surface area contributed by atoms with Crippen LogP contribution in [0.1, 0.15) is 95.4 Å². The molecule has 246 valence electrons. The van der Waals surface area contributed by atoms with E-state index in [9.17, 15) is 27.4 Å². The predicted octanol–water partition coefficient (Wildman–Crippen LogP) is 7.02. The summed E-state index contributed by atoms with van der Waals surface area (Å²) in [5.41, 5.74) is -2.96. The fraction of sp³-hybridized carbons (Fsp3) is 0.618. The van der Waals surface area contributed by atoms with Gasteiger partial charge in [0.05, 0.1) is 22.3 Å². The van der Waals surface area contributed by atoms with E-state index < -0.39 is 55.0 Å². The van der Waals surface area contributed by atoms with Crippen molar-refractivity contribution in [3.8, 4) is 0 Å². The second-order valence-electron chi connectivity index (χ2n) is 14.6. The van der Waals surface area contributed by atoms with Gasteiger partial charge in [-0.1, -0.05) is 65.0 Å². The first kappa shape index (κ1) is 37.5. The highest BCUT2D eigenvalue weighted by Crippen LogP contribution is 2.37. The molecule has 9 nitrogen and oxygen atoms in total. The Morgan fingerprint density at radius 2 is 1.48 bits per heavy atom. The third kappa shape index (κ3) is 9.67. The zero-order valence-corrected chi connectivity index (χ0v) is 29.0. The molecule has 0 heterocycles. The van der Waals surface area contributed by atoms with Crippen LogP contribution in [0.4, 0.5) is 5.69 Å². The molecule has 2 aromatic carbocycles. The van der Waals surface area contributed by atoms with E-state index in [1.807, 2.05) is 48.5 Å². The largest absolute Gasteiger partial charge is 0.375 e. The van der Waals surface area contributed by atoms with Crippen LogP contribution in [0.15, 0.2) is 41.3 Å². The van der Waals surface area contributed by atoms with Gasteiger partial charge in [0.15, 0.2) is 5.78 Å². The summed E-state index contributed by atoms with van der Waals surface area (Å²) in [6.45, 7) is 20.4. The Hall–Kier alpha value is -2.66. The van der Waals surface area contributed by atoms with Crippen molar-refractivity contribution in [1.29, 1.82) is 0 Å². The third-order valence-corrected chi connectivity index (χ3v) is 9.09. The summed E-state index contributed by atoms with van der Waals surface area (Å²) in [5, 5.41) is 3.47. The van der Waals surface area contributed by atoms with E-state index in [1.54, 1.807) is 58.0 Å². The molecule has 2 atom stereocenters. The van der Waals surface area contributed by atoms with Gasteiger partial charge in [-0.2, -0.15) is 8.42 Å². The molecular weight excluding hydrogens is 582 g/mol. The van der Waals surface area contributed by atoms with Gasteiger partial charge < -0.3 is 14.8 Å². The van der Waals surface area contributed by atoms with E-state index in [-0.39, 0.29) is 35.7 Å². The van der Waals surface area contributed by atoms with Crippen molar-refractivity contribution in [1.82, 2.24) is 0 Å². The lowest BCUT2D eigenvalue weighted by Crippen LogP contribution is -2.51. The van der Waals surface area contributed by atoms with Crippen LogP contribution in [0.3, 0.4) is 0 Å². The van der Waals surface area contributed by atoms with Crippen molar-refractivity contribution in [2.75, 3.05) is 11.9 Å². The monoisotopic (exact) mass is 633 g/mol. The van der Waals surface area contributed by atoms with E-state index in [0.717, 1.165) is 0 Å². The van der Waals surface area contributed by atoms with E-state index in [2.05, 4.69) is 5.32 Å². The smallest absolute Gasteiger partial charge is 0.297 e. The number of rotatable bonds is 14. The summed E-state index contributed by atoms with van der Waals surface area (Å²) in [7, 11) is -4.67. The molecule has 0 aliphatic heterocycles. The Balaban J connectivity index is 2.17. The number of carbonyl (C=O) groups excluding carboxylic acids is 3. The average Bonchev–Trinajstić information content (AvgIpc) is 2.86. The Labute approximate surface area is 263 Å². The lowest BCUT2D eigenvalue weighted by molar-refractivity contribution is -0.166. The fourth-order valence-corrected chi connectivity index (χ4v) is 6.07. The molecule has 2 rings (SSSR count). The van der Waals surface area contributed by atoms with Crippen molar-refractivity contribution in [3.63, 3.8) is 0 Å². The highest BCUT2D eigenvalue weighted by atomic mass is 32.2. The summed E-state index contributed by atoms with van der Waals surface area (Å²) in [5.74, 6) is -1.39. The molecule has 10 heteroatoms. The second-order valence-corrected chi connectivity index (χ2v) is 15.9. The molecule has 0 saturated heterocycles. The number of fused-ring (bicyclic) bond motifs is 1. The molecule has 2 N–H and O–H groups in total. The minimum Gasteiger partial charge on any atom is -0.375 e. The molecule has 0 spiro atoms. The van der Waals surface area contributed by atoms with Crippen LogP contribution in [-0.4, -0.2) is 54.4 Å². The maximum atomic E-state index is 13.4. The maximum absolute atomic E-state index is 13.4. The Kier molecular flexibility index (Phi) is 11.7. The molecule has 0 aliphatic rings. The Morgan fingerprint density at radius 1 is 0.886 bits per heavy atom. The molecule has 0 aliphatic carbocycles. The van der Waals surface area contributed by atoms with Gasteiger partial charge in [-0.05, 0) is 65.8 Å². The SMILES string of the molecule is CC(OC(C)(C)C)C(=O)C(C)(C)C(C)(C)OCCCC(CC(=O)Nc1ccc2ccccc2c1S(=O)(=O)O)C(=O)C(C)(C)C. The van der Waals surface area contributed by atoms with Gasteiger partial charge in [0.25, 0.3) is 10.1 Å². The zero-order chi connectivity index (χ0) is 33.9. The average molecular weight is 634 g/mol. The number of nitrogens with one attached hydrogen (secondary N) is 1. The molecule has 44 heavy (non-hydrogen) atoms. The number of Topliss-reactive ketones (excluding diaryl/α,β-unsaturated/α-hetero) is 2. The van der Waals surface area contributed by atoms with Gasteiger partial charge in [0.2, 0.25) is 5.91 Å². The van der Waals surface area contributed by atoms with Crippen LogP contribution in [-0.2, 0) is 34.0 Å². The molecule has 0 aromatic heterocycles. The number of carbonyl (C=O) groups is 3.